The quantitative estimate of drug-likeness (QED) is 0.661. The van der Waals surface area contributed by atoms with E-state index in [0.29, 0.717) is 0 Å². The molecule has 0 amide bonds. The van der Waals surface area contributed by atoms with E-state index in [1.54, 1.807) is 0 Å². The fourth-order valence-electron chi connectivity index (χ4n) is 1.75. The molecule has 0 fully saturated rings. The van der Waals surface area contributed by atoms with Crippen LogP contribution in [-0.4, -0.2) is 0 Å². The van der Waals surface area contributed by atoms with Crippen LogP contribution < -0.4 is 0 Å². The minimum absolute atomic E-state index is 0.929. The van der Waals surface area contributed by atoms with Crippen LogP contribution in [0.4, 0.5) is 0 Å². The summed E-state index contributed by atoms with van der Waals surface area (Å²) in [5, 5.41) is 1.19. The van der Waals surface area contributed by atoms with Crippen molar-refractivity contribution in [3.63, 3.8) is 0 Å². The summed E-state index contributed by atoms with van der Waals surface area (Å²) in [7, 11) is 0. The molecule has 2 aromatic rings. The summed E-state index contributed by atoms with van der Waals surface area (Å²) >= 11 is 0. The largest absolute Gasteiger partial charge is 0.456 e. The Labute approximate surface area is 96.1 Å². The molecule has 0 saturated carbocycles. The molecule has 0 unspecified atom stereocenters. The Morgan fingerprint density at radius 1 is 1.31 bits per heavy atom. The number of fused-ring (bicyclic) bond motifs is 1. The van der Waals surface area contributed by atoms with Crippen molar-refractivity contribution in [1.29, 1.82) is 0 Å². The molecule has 0 aliphatic rings. The number of furan rings is 1. The second-order valence-electron chi connectivity index (χ2n) is 4.18. The van der Waals surface area contributed by atoms with Crippen LogP contribution in [0.15, 0.2) is 40.8 Å². The Bertz CT molecular complexity index is 570. The van der Waals surface area contributed by atoms with Gasteiger partial charge in [0.05, 0.1) is 0 Å². The van der Waals surface area contributed by atoms with Crippen LogP contribution in [0.2, 0.25) is 0 Å². The summed E-state index contributed by atoms with van der Waals surface area (Å²) in [6.07, 6.45) is 3.86. The first kappa shape index (κ1) is 10.7. The van der Waals surface area contributed by atoms with Crippen LogP contribution in [0.3, 0.4) is 0 Å². The molecule has 82 valence electrons. The number of allylic oxidation sites excluding steroid dienone is 2. The van der Waals surface area contributed by atoms with Gasteiger partial charge >= 0.3 is 0 Å². The van der Waals surface area contributed by atoms with Crippen LogP contribution in [0.1, 0.15) is 23.8 Å². The lowest BCUT2D eigenvalue weighted by Gasteiger charge is -1.91. The molecule has 0 saturated heterocycles. The van der Waals surface area contributed by atoms with E-state index < -0.39 is 0 Å². The third-order valence-electron chi connectivity index (χ3n) is 2.81. The summed E-state index contributed by atoms with van der Waals surface area (Å²) in [5.41, 5.74) is 4.48. The van der Waals surface area contributed by atoms with Crippen molar-refractivity contribution in [2.24, 2.45) is 0 Å². The highest BCUT2D eigenvalue weighted by Crippen LogP contribution is 2.27. The van der Waals surface area contributed by atoms with Crippen molar-refractivity contribution in [2.45, 2.75) is 20.8 Å². The molecule has 1 nitrogen and oxygen atoms in total. The van der Waals surface area contributed by atoms with Gasteiger partial charge in [-0.3, -0.25) is 0 Å². The Kier molecular flexibility index (Phi) is 2.69. The SMILES string of the molecule is C=C/C(C)=C\c1oc2cc(C)ccc2c1C. The van der Waals surface area contributed by atoms with Gasteiger partial charge in [-0.2, -0.15) is 0 Å². The van der Waals surface area contributed by atoms with E-state index in [0.717, 1.165) is 16.9 Å². The van der Waals surface area contributed by atoms with E-state index in [2.05, 4.69) is 38.6 Å². The third kappa shape index (κ3) is 1.81. The molecule has 0 aliphatic carbocycles. The average Bonchev–Trinajstić information content (AvgIpc) is 2.55. The first-order valence-electron chi connectivity index (χ1n) is 5.42. The molecule has 0 aliphatic heterocycles. The van der Waals surface area contributed by atoms with Gasteiger partial charge in [-0.1, -0.05) is 24.8 Å². The van der Waals surface area contributed by atoms with Gasteiger partial charge in [-0.25, -0.2) is 0 Å². The molecule has 16 heavy (non-hydrogen) atoms. The molecule has 0 bridgehead atoms. The predicted molar refractivity (Wildman–Crippen MR) is 69.5 cm³/mol. The highest BCUT2D eigenvalue weighted by atomic mass is 16.3. The van der Waals surface area contributed by atoms with E-state index in [-0.39, 0.29) is 0 Å². The van der Waals surface area contributed by atoms with Gasteiger partial charge in [-0.15, -0.1) is 0 Å². The highest BCUT2D eigenvalue weighted by Gasteiger charge is 2.07. The Hall–Kier alpha value is -1.76. The number of hydrogen-bond donors (Lipinski definition) is 0. The molecule has 1 heteroatoms. The van der Waals surface area contributed by atoms with Gasteiger partial charge in [0, 0.05) is 10.9 Å². The van der Waals surface area contributed by atoms with Gasteiger partial charge in [-0.05, 0) is 44.1 Å². The molecule has 1 aromatic heterocycles. The van der Waals surface area contributed by atoms with Crippen molar-refractivity contribution >= 4 is 17.0 Å². The minimum Gasteiger partial charge on any atom is -0.456 e. The molecule has 2 rings (SSSR count). The zero-order valence-electron chi connectivity index (χ0n) is 10.0. The van der Waals surface area contributed by atoms with Crippen molar-refractivity contribution in [3.8, 4) is 0 Å². The number of hydrogen-bond acceptors (Lipinski definition) is 1. The molecular weight excluding hydrogens is 196 g/mol. The van der Waals surface area contributed by atoms with Crippen LogP contribution in [0.25, 0.3) is 17.0 Å². The third-order valence-corrected chi connectivity index (χ3v) is 2.81. The average molecular weight is 212 g/mol. The Morgan fingerprint density at radius 2 is 2.06 bits per heavy atom. The topological polar surface area (TPSA) is 13.1 Å². The molecule has 0 spiro atoms. The predicted octanol–water partition coefficient (Wildman–Crippen LogP) is 4.64. The maximum absolute atomic E-state index is 5.83. The molecular formula is C15H16O. The normalized spacial score (nSPS) is 12.1. The zero-order chi connectivity index (χ0) is 11.7. The Morgan fingerprint density at radius 3 is 2.75 bits per heavy atom. The molecule has 0 N–H and O–H groups in total. The Balaban J connectivity index is 2.64. The van der Waals surface area contributed by atoms with Gasteiger partial charge in [0.2, 0.25) is 0 Å². The van der Waals surface area contributed by atoms with Gasteiger partial charge in [0.25, 0.3) is 0 Å². The fraction of sp³-hybridized carbons (Fsp3) is 0.200. The molecule has 1 aromatic carbocycles. The summed E-state index contributed by atoms with van der Waals surface area (Å²) < 4.78 is 5.83. The van der Waals surface area contributed by atoms with E-state index >= 15 is 0 Å². The zero-order valence-corrected chi connectivity index (χ0v) is 10.0. The van der Waals surface area contributed by atoms with Gasteiger partial charge < -0.3 is 4.42 Å². The summed E-state index contributed by atoms with van der Waals surface area (Å²) in [5.74, 6) is 0.929. The lowest BCUT2D eigenvalue weighted by Crippen LogP contribution is -1.74. The molecule has 0 radical (unpaired) electrons. The van der Waals surface area contributed by atoms with Crippen LogP contribution in [0.5, 0.6) is 0 Å². The van der Waals surface area contributed by atoms with Crippen LogP contribution in [0, 0.1) is 13.8 Å². The van der Waals surface area contributed by atoms with Crippen molar-refractivity contribution < 1.29 is 4.42 Å². The van der Waals surface area contributed by atoms with E-state index in [1.807, 2.05) is 19.1 Å². The van der Waals surface area contributed by atoms with Crippen LogP contribution >= 0.6 is 0 Å². The maximum Gasteiger partial charge on any atom is 0.135 e. The number of rotatable bonds is 2. The van der Waals surface area contributed by atoms with Gasteiger partial charge in [0.15, 0.2) is 0 Å². The summed E-state index contributed by atoms with van der Waals surface area (Å²) in [4.78, 5) is 0. The second-order valence-corrected chi connectivity index (χ2v) is 4.18. The summed E-state index contributed by atoms with van der Waals surface area (Å²) in [6.45, 7) is 9.92. The maximum atomic E-state index is 5.83. The lowest BCUT2D eigenvalue weighted by atomic mass is 10.1. The van der Waals surface area contributed by atoms with Crippen molar-refractivity contribution in [1.82, 2.24) is 0 Å². The first-order chi connectivity index (χ1) is 7.61. The van der Waals surface area contributed by atoms with E-state index in [1.165, 1.54) is 16.5 Å². The van der Waals surface area contributed by atoms with Crippen LogP contribution in [-0.2, 0) is 0 Å². The summed E-state index contributed by atoms with van der Waals surface area (Å²) in [6, 6.07) is 6.30. The minimum atomic E-state index is 0.929. The van der Waals surface area contributed by atoms with E-state index in [9.17, 15) is 0 Å². The number of aryl methyl sites for hydroxylation is 2. The molecule has 1 heterocycles. The monoisotopic (exact) mass is 212 g/mol. The fourth-order valence-corrected chi connectivity index (χ4v) is 1.75. The van der Waals surface area contributed by atoms with Crippen molar-refractivity contribution in [2.75, 3.05) is 0 Å². The smallest absolute Gasteiger partial charge is 0.135 e. The van der Waals surface area contributed by atoms with Crippen molar-refractivity contribution in [3.05, 3.63) is 53.3 Å². The first-order valence-corrected chi connectivity index (χ1v) is 5.42. The van der Waals surface area contributed by atoms with E-state index in [4.69, 9.17) is 4.42 Å². The molecule has 0 atom stereocenters. The highest BCUT2D eigenvalue weighted by molar-refractivity contribution is 5.85. The lowest BCUT2D eigenvalue weighted by molar-refractivity contribution is 0.600. The number of benzene rings is 1. The van der Waals surface area contributed by atoms with Gasteiger partial charge in [0.1, 0.15) is 11.3 Å². The standard InChI is InChI=1S/C15H16O/c1-5-10(2)8-14-12(4)13-7-6-11(3)9-15(13)16-14/h5-9H,1H2,2-4H3/b10-8-. The second kappa shape index (κ2) is 4.01.